The maximum absolute atomic E-state index is 10.9. The number of carboxylic acids is 1. The zero-order valence-corrected chi connectivity index (χ0v) is 12.2. The molecular weight excluding hydrogens is 320 g/mol. The second-order valence-corrected chi connectivity index (χ2v) is 5.12. The molecule has 0 atom stereocenters. The van der Waals surface area contributed by atoms with Gasteiger partial charge < -0.3 is 10.4 Å². The monoisotopic (exact) mass is 330 g/mol. The van der Waals surface area contributed by atoms with E-state index in [0.717, 1.165) is 16.9 Å². The smallest absolute Gasteiger partial charge is 0.335 e. The van der Waals surface area contributed by atoms with Crippen LogP contribution in [0, 0.1) is 18.3 Å². The Morgan fingerprint density at radius 3 is 2.60 bits per heavy atom. The largest absolute Gasteiger partial charge is 0.478 e. The summed E-state index contributed by atoms with van der Waals surface area (Å²) in [6, 6.07) is 12.3. The first kappa shape index (κ1) is 14.1. The van der Waals surface area contributed by atoms with E-state index >= 15 is 0 Å². The fourth-order valence-corrected chi connectivity index (χ4v) is 2.25. The van der Waals surface area contributed by atoms with Gasteiger partial charge in [0.15, 0.2) is 0 Å². The summed E-state index contributed by atoms with van der Waals surface area (Å²) < 4.78 is 0.666. The molecule has 2 N–H and O–H groups in total. The number of nitrogens with one attached hydrogen (secondary N) is 1. The number of aromatic carboxylic acids is 1. The summed E-state index contributed by atoms with van der Waals surface area (Å²) in [4.78, 5) is 10.9. The molecule has 0 heterocycles. The molecule has 0 saturated carbocycles. The van der Waals surface area contributed by atoms with Crippen LogP contribution in [0.2, 0.25) is 0 Å². The lowest BCUT2D eigenvalue weighted by atomic mass is 10.1. The van der Waals surface area contributed by atoms with Crippen molar-refractivity contribution in [2.24, 2.45) is 0 Å². The summed E-state index contributed by atoms with van der Waals surface area (Å²) >= 11 is 3.34. The quantitative estimate of drug-likeness (QED) is 0.889. The Morgan fingerprint density at radius 1 is 1.30 bits per heavy atom. The number of hydrogen-bond acceptors (Lipinski definition) is 3. The Hall–Kier alpha value is -2.32. The van der Waals surface area contributed by atoms with Gasteiger partial charge in [-0.3, -0.25) is 0 Å². The van der Waals surface area contributed by atoms with Gasteiger partial charge in [0.05, 0.1) is 22.9 Å². The molecule has 0 radical (unpaired) electrons. The van der Waals surface area contributed by atoms with Gasteiger partial charge in [0.1, 0.15) is 0 Å². The average molecular weight is 331 g/mol. The van der Waals surface area contributed by atoms with Crippen LogP contribution in [0.3, 0.4) is 0 Å². The number of anilines is 2. The summed E-state index contributed by atoms with van der Waals surface area (Å²) in [5, 5.41) is 21.0. The molecule has 2 rings (SSSR count). The minimum Gasteiger partial charge on any atom is -0.478 e. The zero-order valence-electron chi connectivity index (χ0n) is 10.6. The van der Waals surface area contributed by atoms with Crippen molar-refractivity contribution >= 4 is 33.3 Å². The summed E-state index contributed by atoms with van der Waals surface area (Å²) in [5.74, 6) is -0.966. The molecule has 100 valence electrons. The van der Waals surface area contributed by atoms with Gasteiger partial charge in [0.2, 0.25) is 0 Å². The lowest BCUT2D eigenvalue weighted by Crippen LogP contribution is -1.98. The molecule has 0 bridgehead atoms. The van der Waals surface area contributed by atoms with E-state index in [1.807, 2.05) is 19.1 Å². The molecule has 0 saturated heterocycles. The minimum atomic E-state index is -0.966. The Labute approximate surface area is 124 Å². The molecule has 0 aliphatic rings. The third-order valence-corrected chi connectivity index (χ3v) is 3.50. The van der Waals surface area contributed by atoms with Gasteiger partial charge in [-0.25, -0.2) is 4.79 Å². The average Bonchev–Trinajstić information content (AvgIpc) is 2.41. The first-order chi connectivity index (χ1) is 9.51. The van der Waals surface area contributed by atoms with Crippen molar-refractivity contribution in [3.63, 3.8) is 0 Å². The van der Waals surface area contributed by atoms with Crippen LogP contribution in [0.15, 0.2) is 40.9 Å². The topological polar surface area (TPSA) is 73.1 Å². The lowest BCUT2D eigenvalue weighted by molar-refractivity contribution is 0.0697. The minimum absolute atomic E-state index is 0.221. The van der Waals surface area contributed by atoms with Gasteiger partial charge in [-0.1, -0.05) is 0 Å². The molecule has 0 aliphatic carbocycles. The van der Waals surface area contributed by atoms with Crippen LogP contribution in [0.1, 0.15) is 21.5 Å². The number of nitrogens with zero attached hydrogens (tertiary/aromatic N) is 1. The Balaban J connectivity index is 2.29. The number of halogens is 1. The third kappa shape index (κ3) is 2.98. The molecule has 0 aliphatic heterocycles. The predicted octanol–water partition coefficient (Wildman–Crippen LogP) is 4.07. The molecule has 0 aromatic heterocycles. The van der Waals surface area contributed by atoms with Crippen molar-refractivity contribution in [3.05, 3.63) is 57.6 Å². The molecule has 4 nitrogen and oxygen atoms in total. The number of aryl methyl sites for hydroxylation is 1. The van der Waals surface area contributed by atoms with Crippen LogP contribution in [0.25, 0.3) is 0 Å². The van der Waals surface area contributed by atoms with Crippen molar-refractivity contribution in [3.8, 4) is 6.07 Å². The van der Waals surface area contributed by atoms with Gasteiger partial charge in [-0.05, 0) is 64.8 Å². The van der Waals surface area contributed by atoms with Crippen LogP contribution >= 0.6 is 15.9 Å². The third-order valence-electron chi connectivity index (χ3n) is 2.84. The van der Waals surface area contributed by atoms with Crippen molar-refractivity contribution < 1.29 is 9.90 Å². The number of carbonyl (C=O) groups is 1. The SMILES string of the molecule is Cc1cc(Nc2ccc(C(=O)O)cc2Br)ccc1C#N. The van der Waals surface area contributed by atoms with Gasteiger partial charge >= 0.3 is 5.97 Å². The van der Waals surface area contributed by atoms with E-state index in [1.165, 1.54) is 6.07 Å². The first-order valence-electron chi connectivity index (χ1n) is 5.82. The highest BCUT2D eigenvalue weighted by Gasteiger charge is 2.07. The summed E-state index contributed by atoms with van der Waals surface area (Å²) in [7, 11) is 0. The van der Waals surface area contributed by atoms with Crippen LogP contribution < -0.4 is 5.32 Å². The molecule has 0 amide bonds. The van der Waals surface area contributed by atoms with Crippen molar-refractivity contribution in [2.75, 3.05) is 5.32 Å². The molecule has 0 fully saturated rings. The zero-order chi connectivity index (χ0) is 14.7. The van der Waals surface area contributed by atoms with Gasteiger partial charge in [-0.15, -0.1) is 0 Å². The number of rotatable bonds is 3. The highest BCUT2D eigenvalue weighted by molar-refractivity contribution is 9.10. The fourth-order valence-electron chi connectivity index (χ4n) is 1.77. The van der Waals surface area contributed by atoms with Crippen LogP contribution in [0.5, 0.6) is 0 Å². The molecule has 0 unspecified atom stereocenters. The maximum Gasteiger partial charge on any atom is 0.335 e. The highest BCUT2D eigenvalue weighted by Crippen LogP contribution is 2.27. The number of benzene rings is 2. The maximum atomic E-state index is 10.9. The van der Waals surface area contributed by atoms with Crippen molar-refractivity contribution in [1.82, 2.24) is 0 Å². The standard InChI is InChI=1S/C15H11BrN2O2/c1-9-6-12(4-2-11(9)8-17)18-14-5-3-10(15(19)20)7-13(14)16/h2-7,18H,1H3,(H,19,20). The van der Waals surface area contributed by atoms with Crippen molar-refractivity contribution in [1.29, 1.82) is 5.26 Å². The Kier molecular flexibility index (Phi) is 4.06. The molecular formula is C15H11BrN2O2. The van der Waals surface area contributed by atoms with Crippen molar-refractivity contribution in [2.45, 2.75) is 6.92 Å². The van der Waals surface area contributed by atoms with E-state index in [2.05, 4.69) is 27.3 Å². The van der Waals surface area contributed by atoms with E-state index in [0.29, 0.717) is 10.0 Å². The molecule has 5 heteroatoms. The van der Waals surface area contributed by atoms with Crippen LogP contribution in [-0.2, 0) is 0 Å². The summed E-state index contributed by atoms with van der Waals surface area (Å²) in [5.41, 5.74) is 3.34. The van der Waals surface area contributed by atoms with E-state index in [-0.39, 0.29) is 5.56 Å². The van der Waals surface area contributed by atoms with E-state index in [4.69, 9.17) is 10.4 Å². The number of carboxylic acid groups (broad SMARTS) is 1. The van der Waals surface area contributed by atoms with Gasteiger partial charge in [0.25, 0.3) is 0 Å². The summed E-state index contributed by atoms with van der Waals surface area (Å²) in [6.07, 6.45) is 0. The van der Waals surface area contributed by atoms with E-state index in [1.54, 1.807) is 18.2 Å². The Bertz CT molecular complexity index is 720. The van der Waals surface area contributed by atoms with Crippen LogP contribution in [-0.4, -0.2) is 11.1 Å². The normalized spacial score (nSPS) is 9.85. The van der Waals surface area contributed by atoms with E-state index < -0.39 is 5.97 Å². The second kappa shape index (κ2) is 5.76. The Morgan fingerprint density at radius 2 is 2.05 bits per heavy atom. The van der Waals surface area contributed by atoms with Crippen LogP contribution in [0.4, 0.5) is 11.4 Å². The molecule has 0 spiro atoms. The van der Waals surface area contributed by atoms with Gasteiger partial charge in [-0.2, -0.15) is 5.26 Å². The lowest BCUT2D eigenvalue weighted by Gasteiger charge is -2.10. The molecule has 20 heavy (non-hydrogen) atoms. The highest BCUT2D eigenvalue weighted by atomic mass is 79.9. The fraction of sp³-hybridized carbons (Fsp3) is 0.0667. The molecule has 2 aromatic rings. The first-order valence-corrected chi connectivity index (χ1v) is 6.61. The van der Waals surface area contributed by atoms with Gasteiger partial charge in [0, 0.05) is 10.2 Å². The predicted molar refractivity (Wildman–Crippen MR) is 80.3 cm³/mol. The second-order valence-electron chi connectivity index (χ2n) is 4.27. The molecule has 2 aromatic carbocycles. The summed E-state index contributed by atoms with van der Waals surface area (Å²) in [6.45, 7) is 1.87. The van der Waals surface area contributed by atoms with E-state index in [9.17, 15) is 4.79 Å². The number of nitriles is 1. The number of hydrogen-bond donors (Lipinski definition) is 2.